The molecule has 0 aliphatic heterocycles. The van der Waals surface area contributed by atoms with Crippen molar-refractivity contribution in [3.63, 3.8) is 0 Å². The number of para-hydroxylation sites is 2. The fraction of sp³-hybridized carbons (Fsp3) is 0. The first-order valence-electron chi connectivity index (χ1n) is 7.83. The zero-order valence-electron chi connectivity index (χ0n) is 14.2. The molecule has 2 heterocycles. The Hall–Kier alpha value is -3.84. The summed E-state index contributed by atoms with van der Waals surface area (Å²) in [5, 5.41) is 34.3. The zero-order valence-corrected chi connectivity index (χ0v) is 15.8. The Kier molecular flexibility index (Phi) is 4.88. The summed E-state index contributed by atoms with van der Waals surface area (Å²) in [5.74, 6) is -0.311. The van der Waals surface area contributed by atoms with E-state index in [0.29, 0.717) is 11.4 Å². The molecule has 0 atom stereocenters. The highest BCUT2D eigenvalue weighted by Gasteiger charge is 2.28. The van der Waals surface area contributed by atoms with Crippen molar-refractivity contribution in [3.8, 4) is 34.0 Å². The number of ether oxygens (including phenoxy) is 1. The Morgan fingerprint density at radius 2 is 1.21 bits per heavy atom. The highest BCUT2D eigenvalue weighted by Crippen LogP contribution is 2.43. The molecule has 0 aliphatic rings. The lowest BCUT2D eigenvalue weighted by Crippen LogP contribution is -2.00. The highest BCUT2D eigenvalue weighted by atomic mass is 32.1. The first-order chi connectivity index (χ1) is 14.1. The molecule has 0 aliphatic carbocycles. The molecule has 0 saturated carbocycles. The molecule has 0 radical (unpaired) electrons. The van der Waals surface area contributed by atoms with Gasteiger partial charge in [-0.1, -0.05) is 21.1 Å². The minimum Gasteiger partial charge on any atom is -0.443 e. The number of hydrogen-bond acceptors (Lipinski definition) is 11. The molecule has 0 fully saturated rings. The van der Waals surface area contributed by atoms with E-state index in [1.165, 1.54) is 36.4 Å². The van der Waals surface area contributed by atoms with Crippen molar-refractivity contribution in [3.05, 3.63) is 67.4 Å². The van der Waals surface area contributed by atoms with Gasteiger partial charge in [0, 0.05) is 10.8 Å². The van der Waals surface area contributed by atoms with Crippen LogP contribution in [0.1, 0.15) is 0 Å². The maximum atomic E-state index is 11.7. The van der Waals surface area contributed by atoms with E-state index in [1.54, 1.807) is 10.8 Å². The third kappa shape index (κ3) is 3.51. The molecule has 0 amide bonds. The second kappa shape index (κ2) is 7.65. The summed E-state index contributed by atoms with van der Waals surface area (Å²) in [6, 6.07) is 8.82. The van der Waals surface area contributed by atoms with E-state index in [1.807, 2.05) is 0 Å². The van der Waals surface area contributed by atoms with Crippen molar-refractivity contribution in [1.82, 2.24) is 19.2 Å². The topological polar surface area (TPSA) is 147 Å². The summed E-state index contributed by atoms with van der Waals surface area (Å²) in [6.45, 7) is 0. The van der Waals surface area contributed by atoms with Crippen molar-refractivity contribution < 1.29 is 14.6 Å². The maximum absolute atomic E-state index is 11.7. The first-order valence-corrected chi connectivity index (χ1v) is 9.51. The second-order valence-electron chi connectivity index (χ2n) is 5.50. The minimum atomic E-state index is -0.621. The number of nitrogens with zero attached hydrogens (tertiary/aromatic N) is 6. The molecule has 4 rings (SSSR count). The van der Waals surface area contributed by atoms with Crippen molar-refractivity contribution in [2.24, 2.45) is 0 Å². The van der Waals surface area contributed by atoms with E-state index in [2.05, 4.69) is 19.2 Å². The largest absolute Gasteiger partial charge is 0.443 e. The lowest BCUT2D eigenvalue weighted by Gasteiger charge is -2.10. The van der Waals surface area contributed by atoms with Gasteiger partial charge in [-0.25, -0.2) is 0 Å². The fourth-order valence-corrected chi connectivity index (χ4v) is 3.59. The quantitative estimate of drug-likeness (QED) is 0.323. The third-order valence-electron chi connectivity index (χ3n) is 3.86. The summed E-state index contributed by atoms with van der Waals surface area (Å²) in [4.78, 5) is 22.2. The first kappa shape index (κ1) is 18.5. The summed E-state index contributed by atoms with van der Waals surface area (Å²) in [7, 11) is 0. The van der Waals surface area contributed by atoms with Crippen LogP contribution in [-0.2, 0) is 0 Å². The average Bonchev–Trinajstić information content (AvgIpc) is 3.41. The number of aromatic nitrogens is 4. The highest BCUT2D eigenvalue weighted by molar-refractivity contribution is 7.03. The molecule has 29 heavy (non-hydrogen) atoms. The lowest BCUT2D eigenvalue weighted by molar-refractivity contribution is -0.386. The van der Waals surface area contributed by atoms with E-state index in [4.69, 9.17) is 4.74 Å². The molecule has 0 unspecified atom stereocenters. The third-order valence-corrected chi connectivity index (χ3v) is 4.86. The molecule has 0 bridgehead atoms. The van der Waals surface area contributed by atoms with Crippen LogP contribution in [0.25, 0.3) is 22.5 Å². The van der Waals surface area contributed by atoms with Gasteiger partial charge in [0.05, 0.1) is 21.0 Å². The van der Waals surface area contributed by atoms with Gasteiger partial charge < -0.3 is 4.74 Å². The molecule has 2 aromatic carbocycles. The van der Waals surface area contributed by atoms with Gasteiger partial charge in [0.15, 0.2) is 0 Å². The van der Waals surface area contributed by atoms with E-state index >= 15 is 0 Å². The van der Waals surface area contributed by atoms with Gasteiger partial charge in [-0.15, -0.1) is 10.2 Å². The van der Waals surface area contributed by atoms with Crippen molar-refractivity contribution in [2.45, 2.75) is 0 Å². The van der Waals surface area contributed by atoms with Gasteiger partial charge >= 0.3 is 11.4 Å². The van der Waals surface area contributed by atoms with Crippen molar-refractivity contribution >= 4 is 34.4 Å². The predicted molar refractivity (Wildman–Crippen MR) is 104 cm³/mol. The fourth-order valence-electron chi connectivity index (χ4n) is 2.68. The second-order valence-corrected chi connectivity index (χ2v) is 6.72. The van der Waals surface area contributed by atoms with Crippen LogP contribution in [0.15, 0.2) is 47.2 Å². The molecule has 0 spiro atoms. The van der Waals surface area contributed by atoms with Gasteiger partial charge in [0.1, 0.15) is 11.4 Å². The monoisotopic (exact) mass is 428 g/mol. The molecule has 2 aromatic heterocycles. The van der Waals surface area contributed by atoms with Crippen molar-refractivity contribution in [2.75, 3.05) is 0 Å². The number of rotatable bonds is 6. The lowest BCUT2D eigenvalue weighted by atomic mass is 10.1. The van der Waals surface area contributed by atoms with Gasteiger partial charge in [0.25, 0.3) is 0 Å². The molecular formula is C16H8N6O5S2. The van der Waals surface area contributed by atoms with Crippen molar-refractivity contribution in [1.29, 1.82) is 0 Å². The summed E-state index contributed by atoms with van der Waals surface area (Å²) < 4.78 is 13.1. The zero-order chi connectivity index (χ0) is 20.4. The van der Waals surface area contributed by atoms with Crippen LogP contribution in [0, 0.1) is 20.2 Å². The Morgan fingerprint density at radius 1 is 0.759 bits per heavy atom. The standard InChI is InChI=1S/C16H8N6O5S2/c23-21(24)15-9(11-7-28-19-17-11)3-1-5-13(15)27-14-6-2-4-10(16(14)22(25)26)12-8-29-20-18-12/h1-8H. The number of benzene rings is 2. The molecular weight excluding hydrogens is 420 g/mol. The summed E-state index contributed by atoms with van der Waals surface area (Å²) in [5.41, 5.74) is 0.283. The Balaban J connectivity index is 1.85. The number of nitro groups is 2. The molecule has 4 aromatic rings. The van der Waals surface area contributed by atoms with Gasteiger partial charge in [0.2, 0.25) is 11.5 Å². The summed E-state index contributed by atoms with van der Waals surface area (Å²) >= 11 is 2.09. The van der Waals surface area contributed by atoms with Crippen LogP contribution in [-0.4, -0.2) is 29.0 Å². The Labute approximate surface area is 169 Å². The van der Waals surface area contributed by atoms with E-state index in [-0.39, 0.29) is 34.0 Å². The molecule has 0 saturated heterocycles. The normalized spacial score (nSPS) is 10.6. The maximum Gasteiger partial charge on any atom is 0.320 e. The molecule has 13 heteroatoms. The Morgan fingerprint density at radius 3 is 1.55 bits per heavy atom. The SMILES string of the molecule is O=[N+]([O-])c1c(Oc2cccc(-c3csnn3)c2[N+](=O)[O-])cccc1-c1csnn1. The van der Waals surface area contributed by atoms with Crippen LogP contribution in [0.4, 0.5) is 11.4 Å². The van der Waals surface area contributed by atoms with Gasteiger partial charge in [-0.2, -0.15) is 0 Å². The molecule has 0 N–H and O–H groups in total. The molecule has 11 nitrogen and oxygen atoms in total. The van der Waals surface area contributed by atoms with Gasteiger partial charge in [-0.3, -0.25) is 20.2 Å². The minimum absolute atomic E-state index is 0.155. The van der Waals surface area contributed by atoms with Gasteiger partial charge in [-0.05, 0) is 47.3 Å². The van der Waals surface area contributed by atoms with Crippen LogP contribution in [0.5, 0.6) is 11.5 Å². The van der Waals surface area contributed by atoms with Crippen LogP contribution >= 0.6 is 23.1 Å². The summed E-state index contributed by atoms with van der Waals surface area (Å²) in [6.07, 6.45) is 0. The van der Waals surface area contributed by atoms with E-state index in [0.717, 1.165) is 23.1 Å². The Bertz CT molecular complexity index is 1100. The molecule has 144 valence electrons. The van der Waals surface area contributed by atoms with Crippen LogP contribution < -0.4 is 4.74 Å². The van der Waals surface area contributed by atoms with Crippen LogP contribution in [0.2, 0.25) is 0 Å². The number of nitro benzene ring substituents is 2. The average molecular weight is 428 g/mol. The number of hydrogen-bond donors (Lipinski definition) is 0. The van der Waals surface area contributed by atoms with E-state index < -0.39 is 9.85 Å². The van der Waals surface area contributed by atoms with Crippen LogP contribution in [0.3, 0.4) is 0 Å². The predicted octanol–water partition coefficient (Wildman–Crippen LogP) is 4.33. The smallest absolute Gasteiger partial charge is 0.320 e. The van der Waals surface area contributed by atoms with E-state index in [9.17, 15) is 20.2 Å².